The maximum Gasteiger partial charge on any atom is 0.222 e. The minimum atomic E-state index is 0.0424. The molecule has 22 heavy (non-hydrogen) atoms. The highest BCUT2D eigenvalue weighted by Gasteiger charge is 2.16. The van der Waals surface area contributed by atoms with E-state index < -0.39 is 0 Å². The minimum Gasteiger partial charge on any atom is -0.495 e. The van der Waals surface area contributed by atoms with E-state index in [1.54, 1.807) is 7.11 Å². The van der Waals surface area contributed by atoms with Crippen molar-refractivity contribution in [1.82, 2.24) is 5.32 Å². The molecule has 1 fully saturated rings. The Bertz CT molecular complexity index is 525. The summed E-state index contributed by atoms with van der Waals surface area (Å²) in [4.78, 5) is 16.0. The molecule has 1 saturated carbocycles. The Hall–Kier alpha value is -2.24. The number of anilines is 1. The molecule has 6 nitrogen and oxygen atoms in total. The van der Waals surface area contributed by atoms with E-state index in [1.165, 1.54) is 12.8 Å². The van der Waals surface area contributed by atoms with Crippen LogP contribution in [0.2, 0.25) is 0 Å². The zero-order valence-electron chi connectivity index (χ0n) is 13.0. The second kappa shape index (κ2) is 8.26. The number of aliphatic imine (C=N–C) groups is 1. The van der Waals surface area contributed by atoms with Crippen molar-refractivity contribution in [2.75, 3.05) is 19.0 Å². The van der Waals surface area contributed by atoms with Gasteiger partial charge in [-0.05, 0) is 25.0 Å². The molecule has 2 rings (SSSR count). The molecular formula is C16H24N4O2. The third-order valence-corrected chi connectivity index (χ3v) is 3.71. The first kappa shape index (κ1) is 16.1. The maximum absolute atomic E-state index is 11.8. The summed E-state index contributed by atoms with van der Waals surface area (Å²) in [5.41, 5.74) is 6.58. The third kappa shape index (κ3) is 4.95. The Balaban J connectivity index is 1.76. The number of benzene rings is 1. The fraction of sp³-hybridized carbons (Fsp3) is 0.500. The lowest BCUT2D eigenvalue weighted by molar-refractivity contribution is -0.121. The van der Waals surface area contributed by atoms with Gasteiger partial charge in [-0.25, -0.2) is 0 Å². The Kier molecular flexibility index (Phi) is 6.06. The Labute approximate surface area is 131 Å². The summed E-state index contributed by atoms with van der Waals surface area (Å²) in [6.07, 6.45) is 4.95. The van der Waals surface area contributed by atoms with Crippen LogP contribution in [0.4, 0.5) is 5.69 Å². The van der Waals surface area contributed by atoms with Crippen molar-refractivity contribution in [3.05, 3.63) is 24.3 Å². The first-order valence-electron chi connectivity index (χ1n) is 7.68. The van der Waals surface area contributed by atoms with E-state index in [-0.39, 0.29) is 11.9 Å². The molecule has 0 spiro atoms. The Morgan fingerprint density at radius 3 is 2.82 bits per heavy atom. The van der Waals surface area contributed by atoms with Crippen LogP contribution in [0.1, 0.15) is 32.1 Å². The van der Waals surface area contributed by atoms with Crippen LogP contribution in [0.3, 0.4) is 0 Å². The zero-order valence-corrected chi connectivity index (χ0v) is 13.0. The van der Waals surface area contributed by atoms with Gasteiger partial charge in [-0.3, -0.25) is 9.79 Å². The van der Waals surface area contributed by atoms with Gasteiger partial charge in [0.2, 0.25) is 5.91 Å². The van der Waals surface area contributed by atoms with Gasteiger partial charge in [0, 0.05) is 12.5 Å². The topological polar surface area (TPSA) is 88.7 Å². The highest BCUT2D eigenvalue weighted by molar-refractivity contribution is 5.93. The maximum atomic E-state index is 11.8. The van der Waals surface area contributed by atoms with E-state index in [1.807, 2.05) is 24.3 Å². The largest absolute Gasteiger partial charge is 0.495 e. The van der Waals surface area contributed by atoms with E-state index in [0.717, 1.165) is 18.5 Å². The van der Waals surface area contributed by atoms with Crippen molar-refractivity contribution in [2.45, 2.75) is 38.1 Å². The molecule has 0 saturated heterocycles. The molecule has 4 N–H and O–H groups in total. The normalized spacial score (nSPS) is 15.6. The predicted octanol–water partition coefficient (Wildman–Crippen LogP) is 1.87. The van der Waals surface area contributed by atoms with E-state index in [4.69, 9.17) is 10.5 Å². The monoisotopic (exact) mass is 304 g/mol. The summed E-state index contributed by atoms with van der Waals surface area (Å²) < 4.78 is 5.23. The number of amides is 1. The second-order valence-electron chi connectivity index (χ2n) is 5.39. The Morgan fingerprint density at radius 2 is 2.09 bits per heavy atom. The summed E-state index contributed by atoms with van der Waals surface area (Å²) in [5.74, 6) is 1.01. The molecule has 6 heteroatoms. The van der Waals surface area contributed by atoms with Crippen LogP contribution in [-0.2, 0) is 4.79 Å². The molecule has 0 bridgehead atoms. The van der Waals surface area contributed by atoms with E-state index in [0.29, 0.717) is 24.8 Å². The highest BCUT2D eigenvalue weighted by atomic mass is 16.5. The third-order valence-electron chi connectivity index (χ3n) is 3.71. The van der Waals surface area contributed by atoms with Gasteiger partial charge < -0.3 is 21.1 Å². The fourth-order valence-corrected chi connectivity index (χ4v) is 2.57. The van der Waals surface area contributed by atoms with Crippen LogP contribution < -0.4 is 21.1 Å². The Morgan fingerprint density at radius 1 is 1.36 bits per heavy atom. The highest BCUT2D eigenvalue weighted by Crippen LogP contribution is 2.22. The minimum absolute atomic E-state index is 0.0424. The van der Waals surface area contributed by atoms with Crippen LogP contribution >= 0.6 is 0 Å². The second-order valence-corrected chi connectivity index (χ2v) is 5.39. The van der Waals surface area contributed by atoms with Gasteiger partial charge in [0.1, 0.15) is 5.75 Å². The van der Waals surface area contributed by atoms with Crippen LogP contribution in [-0.4, -0.2) is 31.6 Å². The van der Waals surface area contributed by atoms with E-state index in [9.17, 15) is 4.79 Å². The van der Waals surface area contributed by atoms with Crippen LogP contribution in [0, 0.1) is 0 Å². The van der Waals surface area contributed by atoms with Crippen LogP contribution in [0.5, 0.6) is 5.75 Å². The van der Waals surface area contributed by atoms with Gasteiger partial charge in [0.25, 0.3) is 0 Å². The molecule has 0 heterocycles. The first-order chi connectivity index (χ1) is 10.7. The smallest absolute Gasteiger partial charge is 0.222 e. The number of hydrogen-bond acceptors (Lipinski definition) is 3. The molecule has 1 amide bonds. The van der Waals surface area contributed by atoms with Crippen molar-refractivity contribution in [3.63, 3.8) is 0 Å². The molecule has 1 aromatic carbocycles. The quantitative estimate of drug-likeness (QED) is 0.553. The number of carbonyl (C=O) groups is 1. The van der Waals surface area contributed by atoms with Crippen LogP contribution in [0.25, 0.3) is 0 Å². The lowest BCUT2D eigenvalue weighted by Gasteiger charge is -2.11. The molecule has 0 aliphatic heterocycles. The zero-order chi connectivity index (χ0) is 15.8. The summed E-state index contributed by atoms with van der Waals surface area (Å²) in [5, 5.41) is 6.01. The number of nitrogens with zero attached hydrogens (tertiary/aromatic N) is 1. The molecule has 1 aromatic rings. The van der Waals surface area contributed by atoms with E-state index in [2.05, 4.69) is 15.6 Å². The average Bonchev–Trinajstić information content (AvgIpc) is 3.00. The average molecular weight is 304 g/mol. The fourth-order valence-electron chi connectivity index (χ4n) is 2.57. The molecule has 1 aliphatic carbocycles. The number of para-hydroxylation sites is 2. The number of carbonyl (C=O) groups excluding carboxylic acids is 1. The summed E-state index contributed by atoms with van der Waals surface area (Å²) in [6.45, 7) is 0.368. The van der Waals surface area contributed by atoms with Gasteiger partial charge in [0.15, 0.2) is 5.96 Å². The summed E-state index contributed by atoms with van der Waals surface area (Å²) in [7, 11) is 1.60. The number of hydrogen-bond donors (Lipinski definition) is 3. The van der Waals surface area contributed by atoms with Crippen molar-refractivity contribution < 1.29 is 9.53 Å². The van der Waals surface area contributed by atoms with Gasteiger partial charge >= 0.3 is 0 Å². The molecule has 0 aromatic heterocycles. The van der Waals surface area contributed by atoms with Gasteiger partial charge in [-0.1, -0.05) is 25.0 Å². The number of rotatable bonds is 6. The van der Waals surface area contributed by atoms with Crippen molar-refractivity contribution in [3.8, 4) is 5.75 Å². The first-order valence-corrected chi connectivity index (χ1v) is 7.68. The number of ether oxygens (including phenoxy) is 1. The standard InChI is InChI=1S/C16H24N4O2/c1-22-14-9-5-4-8-13(14)20-16(17)18-11-10-15(21)19-12-6-2-3-7-12/h4-5,8-9,12H,2-3,6-7,10-11H2,1H3,(H,19,21)(H3,17,18,20). The van der Waals surface area contributed by atoms with Gasteiger partial charge in [0.05, 0.1) is 19.3 Å². The lowest BCUT2D eigenvalue weighted by Crippen LogP contribution is -2.33. The molecule has 0 radical (unpaired) electrons. The molecule has 0 unspecified atom stereocenters. The predicted molar refractivity (Wildman–Crippen MR) is 88.1 cm³/mol. The van der Waals surface area contributed by atoms with Crippen molar-refractivity contribution in [2.24, 2.45) is 10.7 Å². The van der Waals surface area contributed by atoms with E-state index >= 15 is 0 Å². The van der Waals surface area contributed by atoms with Gasteiger partial charge in [-0.15, -0.1) is 0 Å². The van der Waals surface area contributed by atoms with Gasteiger partial charge in [-0.2, -0.15) is 0 Å². The lowest BCUT2D eigenvalue weighted by atomic mass is 10.2. The summed E-state index contributed by atoms with van der Waals surface area (Å²) in [6, 6.07) is 7.80. The molecule has 0 atom stereocenters. The number of nitrogens with one attached hydrogen (secondary N) is 2. The van der Waals surface area contributed by atoms with Crippen molar-refractivity contribution in [1.29, 1.82) is 0 Å². The number of methoxy groups -OCH3 is 1. The molecular weight excluding hydrogens is 280 g/mol. The van der Waals surface area contributed by atoms with Crippen molar-refractivity contribution >= 4 is 17.6 Å². The number of nitrogens with two attached hydrogens (primary N) is 1. The summed E-state index contributed by atoms with van der Waals surface area (Å²) >= 11 is 0. The number of guanidine groups is 1. The SMILES string of the molecule is COc1ccccc1NC(N)=NCCC(=O)NC1CCCC1. The molecule has 120 valence electrons. The van der Waals surface area contributed by atoms with Crippen LogP contribution in [0.15, 0.2) is 29.3 Å². The molecule has 1 aliphatic rings.